The molecule has 2 heterocycles. The molecule has 0 atom stereocenters. The fraction of sp³-hybridized carbons (Fsp3) is 0.188. The molecule has 3 rings (SSSR count). The lowest BCUT2D eigenvalue weighted by Gasteiger charge is -2.07. The number of rotatable bonds is 3. The Morgan fingerprint density at radius 1 is 1.39 bits per heavy atom. The second-order valence-electron chi connectivity index (χ2n) is 5.20. The summed E-state index contributed by atoms with van der Waals surface area (Å²) in [4.78, 5) is 30.8. The second kappa shape index (κ2) is 6.25. The minimum absolute atomic E-state index is 0.0668. The number of carbonyl (C=O) groups excluding carboxylic acids is 1. The Hall–Kier alpha value is -1.99. The number of fused-ring (bicyclic) bond motifs is 1. The number of halogens is 1. The van der Waals surface area contributed by atoms with Crippen molar-refractivity contribution in [1.82, 2.24) is 9.55 Å². The molecule has 1 aromatic carbocycles. The van der Waals surface area contributed by atoms with E-state index < -0.39 is 0 Å². The van der Waals surface area contributed by atoms with E-state index in [4.69, 9.17) is 0 Å². The molecule has 0 radical (unpaired) electrons. The molecule has 0 saturated heterocycles. The van der Waals surface area contributed by atoms with E-state index in [1.54, 1.807) is 12.1 Å². The fourth-order valence-corrected chi connectivity index (χ4v) is 3.69. The van der Waals surface area contributed by atoms with Gasteiger partial charge in [0, 0.05) is 15.0 Å². The summed E-state index contributed by atoms with van der Waals surface area (Å²) >= 11 is 4.85. The maximum Gasteiger partial charge on any atom is 0.262 e. The highest BCUT2D eigenvalue weighted by Gasteiger charge is 2.13. The lowest BCUT2D eigenvalue weighted by molar-refractivity contribution is -0.116. The first-order chi connectivity index (χ1) is 11.0. The lowest BCUT2D eigenvalue weighted by atomic mass is 10.2. The summed E-state index contributed by atoms with van der Waals surface area (Å²) in [7, 11) is 0. The van der Waals surface area contributed by atoms with Crippen molar-refractivity contribution in [2.24, 2.45) is 0 Å². The van der Waals surface area contributed by atoms with Crippen molar-refractivity contribution in [1.29, 1.82) is 0 Å². The maximum absolute atomic E-state index is 12.5. The molecular weight excluding hydrogens is 378 g/mol. The molecule has 2 aromatic heterocycles. The van der Waals surface area contributed by atoms with E-state index in [0.717, 1.165) is 14.9 Å². The number of aryl methyl sites for hydroxylation is 2. The number of thiophene rings is 1. The van der Waals surface area contributed by atoms with Gasteiger partial charge in [0.2, 0.25) is 5.91 Å². The summed E-state index contributed by atoms with van der Waals surface area (Å²) in [5.74, 6) is -0.268. The highest BCUT2D eigenvalue weighted by atomic mass is 79.9. The highest BCUT2D eigenvalue weighted by molar-refractivity contribution is 9.10. The third-order valence-electron chi connectivity index (χ3n) is 3.58. The third-order valence-corrected chi connectivity index (χ3v) is 5.19. The predicted octanol–water partition coefficient (Wildman–Crippen LogP) is 3.48. The molecule has 0 spiro atoms. The molecule has 7 heteroatoms. The van der Waals surface area contributed by atoms with E-state index >= 15 is 0 Å². The molecule has 0 fully saturated rings. The predicted molar refractivity (Wildman–Crippen MR) is 96.1 cm³/mol. The molecular formula is C16H14BrN3O2S. The highest BCUT2D eigenvalue weighted by Crippen LogP contribution is 2.25. The Labute approximate surface area is 145 Å². The van der Waals surface area contributed by atoms with Crippen LogP contribution in [0.15, 0.2) is 39.9 Å². The van der Waals surface area contributed by atoms with Crippen molar-refractivity contribution in [2.75, 3.05) is 5.32 Å². The summed E-state index contributed by atoms with van der Waals surface area (Å²) in [6, 6.07) is 7.30. The number of anilines is 1. The number of nitrogens with one attached hydrogen (secondary N) is 1. The molecule has 3 aromatic rings. The summed E-state index contributed by atoms with van der Waals surface area (Å²) in [6.45, 7) is 3.80. The van der Waals surface area contributed by atoms with Crippen LogP contribution in [0.1, 0.15) is 10.4 Å². The smallest absolute Gasteiger partial charge is 0.262 e. The summed E-state index contributed by atoms with van der Waals surface area (Å²) in [5, 5.41) is 3.37. The van der Waals surface area contributed by atoms with Gasteiger partial charge in [-0.05, 0) is 37.6 Å². The van der Waals surface area contributed by atoms with E-state index in [2.05, 4.69) is 26.2 Å². The van der Waals surface area contributed by atoms with Gasteiger partial charge in [0.15, 0.2) is 0 Å². The monoisotopic (exact) mass is 391 g/mol. The number of aromatic nitrogens is 2. The van der Waals surface area contributed by atoms with Gasteiger partial charge in [0.05, 0.1) is 11.7 Å². The van der Waals surface area contributed by atoms with Gasteiger partial charge < -0.3 is 5.32 Å². The molecule has 118 valence electrons. The Morgan fingerprint density at radius 3 is 2.91 bits per heavy atom. The average molecular weight is 392 g/mol. The minimum atomic E-state index is -0.268. The van der Waals surface area contributed by atoms with Gasteiger partial charge in [-0.2, -0.15) is 0 Å². The Bertz CT molecular complexity index is 962. The number of carbonyl (C=O) groups is 1. The van der Waals surface area contributed by atoms with Crippen LogP contribution in [0, 0.1) is 13.8 Å². The Balaban J connectivity index is 1.86. The van der Waals surface area contributed by atoms with Gasteiger partial charge in [-0.1, -0.05) is 22.0 Å². The van der Waals surface area contributed by atoms with Crippen LogP contribution in [0.2, 0.25) is 0 Å². The standard InChI is InChI=1S/C16H14BrN3O2S/c1-9-10(2)23-15-14(9)16(22)20(8-18-15)7-13(21)19-12-5-3-4-11(17)6-12/h3-6,8H,7H2,1-2H3,(H,19,21). The van der Waals surface area contributed by atoms with E-state index in [0.29, 0.717) is 15.9 Å². The van der Waals surface area contributed by atoms with Gasteiger partial charge in [0.1, 0.15) is 11.4 Å². The molecule has 23 heavy (non-hydrogen) atoms. The van der Waals surface area contributed by atoms with E-state index in [-0.39, 0.29) is 18.0 Å². The van der Waals surface area contributed by atoms with Crippen LogP contribution >= 0.6 is 27.3 Å². The molecule has 0 aliphatic carbocycles. The quantitative estimate of drug-likeness (QED) is 0.743. The van der Waals surface area contributed by atoms with Gasteiger partial charge in [-0.3, -0.25) is 14.2 Å². The van der Waals surface area contributed by atoms with Gasteiger partial charge in [-0.25, -0.2) is 4.98 Å². The van der Waals surface area contributed by atoms with Gasteiger partial charge in [-0.15, -0.1) is 11.3 Å². The molecule has 1 N–H and O–H groups in total. The van der Waals surface area contributed by atoms with Crippen LogP contribution in [-0.4, -0.2) is 15.5 Å². The minimum Gasteiger partial charge on any atom is -0.324 e. The largest absolute Gasteiger partial charge is 0.324 e. The topological polar surface area (TPSA) is 64.0 Å². The molecule has 0 saturated carbocycles. The van der Waals surface area contributed by atoms with Crippen LogP contribution in [0.5, 0.6) is 0 Å². The van der Waals surface area contributed by atoms with Crippen molar-refractivity contribution in [2.45, 2.75) is 20.4 Å². The number of benzene rings is 1. The number of amides is 1. The van der Waals surface area contributed by atoms with Crippen molar-refractivity contribution < 1.29 is 4.79 Å². The summed E-state index contributed by atoms with van der Waals surface area (Å²) < 4.78 is 2.22. The zero-order valence-electron chi connectivity index (χ0n) is 12.6. The molecule has 1 amide bonds. The average Bonchev–Trinajstić information content (AvgIpc) is 2.78. The van der Waals surface area contributed by atoms with Crippen molar-refractivity contribution in [3.05, 3.63) is 55.9 Å². The van der Waals surface area contributed by atoms with E-state index in [1.807, 2.05) is 26.0 Å². The van der Waals surface area contributed by atoms with Gasteiger partial charge in [0.25, 0.3) is 5.56 Å². The Morgan fingerprint density at radius 2 is 2.17 bits per heavy atom. The van der Waals surface area contributed by atoms with Crippen molar-refractivity contribution >= 4 is 49.1 Å². The maximum atomic E-state index is 12.5. The number of hydrogen-bond donors (Lipinski definition) is 1. The third kappa shape index (κ3) is 3.20. The van der Waals surface area contributed by atoms with Crippen LogP contribution in [0.25, 0.3) is 10.2 Å². The molecule has 0 unspecified atom stereocenters. The zero-order chi connectivity index (χ0) is 16.6. The Kier molecular flexibility index (Phi) is 4.32. The summed E-state index contributed by atoms with van der Waals surface area (Å²) in [6.07, 6.45) is 1.43. The molecule has 5 nitrogen and oxygen atoms in total. The number of nitrogens with zero attached hydrogens (tertiary/aromatic N) is 2. The molecule has 0 aliphatic heterocycles. The van der Waals surface area contributed by atoms with Crippen molar-refractivity contribution in [3.8, 4) is 0 Å². The molecule has 0 bridgehead atoms. The first-order valence-corrected chi connectivity index (χ1v) is 8.57. The van der Waals surface area contributed by atoms with Crippen LogP contribution < -0.4 is 10.9 Å². The van der Waals surface area contributed by atoms with Gasteiger partial charge >= 0.3 is 0 Å². The number of hydrogen-bond acceptors (Lipinski definition) is 4. The van der Waals surface area contributed by atoms with Crippen LogP contribution in [0.4, 0.5) is 5.69 Å². The first-order valence-electron chi connectivity index (χ1n) is 6.96. The van der Waals surface area contributed by atoms with E-state index in [9.17, 15) is 9.59 Å². The molecule has 0 aliphatic rings. The van der Waals surface area contributed by atoms with Crippen LogP contribution in [0.3, 0.4) is 0 Å². The first kappa shape index (κ1) is 15.9. The SMILES string of the molecule is Cc1sc2ncn(CC(=O)Nc3cccc(Br)c3)c(=O)c2c1C. The fourth-order valence-electron chi connectivity index (χ4n) is 2.30. The van der Waals surface area contributed by atoms with E-state index in [1.165, 1.54) is 22.2 Å². The van der Waals surface area contributed by atoms with Crippen molar-refractivity contribution in [3.63, 3.8) is 0 Å². The second-order valence-corrected chi connectivity index (χ2v) is 7.32. The lowest BCUT2D eigenvalue weighted by Crippen LogP contribution is -2.27. The zero-order valence-corrected chi connectivity index (χ0v) is 15.0. The normalized spacial score (nSPS) is 10.9. The van der Waals surface area contributed by atoms with Crippen LogP contribution in [-0.2, 0) is 11.3 Å². The summed E-state index contributed by atoms with van der Waals surface area (Å²) in [5.41, 5.74) is 1.43.